The van der Waals surface area contributed by atoms with Crippen LogP contribution in [0.15, 0.2) is 22.7 Å². The van der Waals surface area contributed by atoms with Crippen molar-refractivity contribution in [3.8, 4) is 5.75 Å². The van der Waals surface area contributed by atoms with Crippen molar-refractivity contribution < 1.29 is 9.47 Å². The van der Waals surface area contributed by atoms with E-state index >= 15 is 0 Å². The van der Waals surface area contributed by atoms with Gasteiger partial charge >= 0.3 is 0 Å². The average molecular weight is 314 g/mol. The van der Waals surface area contributed by atoms with E-state index in [0.717, 1.165) is 42.7 Å². The number of methoxy groups -OCH3 is 1. The predicted octanol–water partition coefficient (Wildman–Crippen LogP) is 2.75. The van der Waals surface area contributed by atoms with Gasteiger partial charge in [0.15, 0.2) is 0 Å². The Hall–Kier alpha value is -0.580. The summed E-state index contributed by atoms with van der Waals surface area (Å²) >= 11 is 3.50. The van der Waals surface area contributed by atoms with E-state index in [1.807, 2.05) is 6.07 Å². The maximum absolute atomic E-state index is 6.20. The van der Waals surface area contributed by atoms with Gasteiger partial charge in [-0.25, -0.2) is 0 Å². The summed E-state index contributed by atoms with van der Waals surface area (Å²) in [5, 5.41) is 0. The Bertz CT molecular complexity index is 391. The summed E-state index contributed by atoms with van der Waals surface area (Å²) in [5.74, 6) is 1.50. The van der Waals surface area contributed by atoms with Crippen LogP contribution < -0.4 is 10.5 Å². The molecule has 0 radical (unpaired) electrons. The van der Waals surface area contributed by atoms with Crippen molar-refractivity contribution in [2.75, 3.05) is 20.3 Å². The number of benzene rings is 1. The molecule has 1 fully saturated rings. The second-order valence-electron chi connectivity index (χ2n) is 4.90. The van der Waals surface area contributed by atoms with Gasteiger partial charge in [-0.1, -0.05) is 6.07 Å². The van der Waals surface area contributed by atoms with Crippen LogP contribution in [-0.2, 0) is 11.2 Å². The quantitative estimate of drug-likeness (QED) is 0.909. The maximum Gasteiger partial charge on any atom is 0.133 e. The molecule has 0 amide bonds. The number of rotatable bonds is 5. The molecule has 2 rings (SSSR count). The zero-order chi connectivity index (χ0) is 13.0. The SMILES string of the molecule is COc1ccc(CC(N)CC2CCOC2)cc1Br. The highest BCUT2D eigenvalue weighted by Crippen LogP contribution is 2.26. The smallest absolute Gasteiger partial charge is 0.133 e. The van der Waals surface area contributed by atoms with Crippen LogP contribution in [0.3, 0.4) is 0 Å². The molecule has 1 aromatic carbocycles. The highest BCUT2D eigenvalue weighted by atomic mass is 79.9. The first-order chi connectivity index (χ1) is 8.69. The lowest BCUT2D eigenvalue weighted by Gasteiger charge is -2.16. The summed E-state index contributed by atoms with van der Waals surface area (Å²) in [6, 6.07) is 6.35. The number of ether oxygens (including phenoxy) is 2. The molecule has 0 bridgehead atoms. The molecule has 0 aromatic heterocycles. The summed E-state index contributed by atoms with van der Waals surface area (Å²) in [5.41, 5.74) is 7.45. The minimum absolute atomic E-state index is 0.206. The molecule has 1 aliphatic heterocycles. The lowest BCUT2D eigenvalue weighted by atomic mass is 9.95. The zero-order valence-corrected chi connectivity index (χ0v) is 12.3. The molecule has 18 heavy (non-hydrogen) atoms. The summed E-state index contributed by atoms with van der Waals surface area (Å²) < 4.78 is 11.6. The van der Waals surface area contributed by atoms with E-state index in [2.05, 4.69) is 28.1 Å². The highest BCUT2D eigenvalue weighted by molar-refractivity contribution is 9.10. The predicted molar refractivity (Wildman–Crippen MR) is 75.9 cm³/mol. The Kier molecular flexibility index (Phi) is 5.03. The van der Waals surface area contributed by atoms with Crippen LogP contribution in [0.4, 0.5) is 0 Å². The first-order valence-corrected chi connectivity index (χ1v) is 7.14. The Morgan fingerprint density at radius 3 is 3.00 bits per heavy atom. The molecule has 1 heterocycles. The summed E-state index contributed by atoms with van der Waals surface area (Å²) in [6.07, 6.45) is 3.10. The van der Waals surface area contributed by atoms with E-state index in [4.69, 9.17) is 15.2 Å². The van der Waals surface area contributed by atoms with Crippen LogP contribution in [-0.4, -0.2) is 26.4 Å². The van der Waals surface area contributed by atoms with E-state index in [0.29, 0.717) is 5.92 Å². The standard InChI is InChI=1S/C14H20BrNO2/c1-17-14-3-2-10(8-13(14)15)6-12(16)7-11-4-5-18-9-11/h2-3,8,11-12H,4-7,9,16H2,1H3. The number of hydrogen-bond donors (Lipinski definition) is 1. The molecular weight excluding hydrogens is 294 g/mol. The summed E-state index contributed by atoms with van der Waals surface area (Å²) in [4.78, 5) is 0. The third kappa shape index (κ3) is 3.70. The average Bonchev–Trinajstić information content (AvgIpc) is 2.82. The van der Waals surface area contributed by atoms with Gasteiger partial charge in [-0.3, -0.25) is 0 Å². The molecular formula is C14H20BrNO2. The Morgan fingerprint density at radius 1 is 1.56 bits per heavy atom. The van der Waals surface area contributed by atoms with E-state index < -0.39 is 0 Å². The molecule has 0 saturated carbocycles. The molecule has 1 aliphatic rings. The lowest BCUT2D eigenvalue weighted by Crippen LogP contribution is -2.26. The molecule has 1 aromatic rings. The normalized spacial score (nSPS) is 20.9. The first-order valence-electron chi connectivity index (χ1n) is 6.34. The first kappa shape index (κ1) is 13.8. The van der Waals surface area contributed by atoms with Crippen molar-refractivity contribution in [1.82, 2.24) is 0 Å². The Labute approximate surface area is 117 Å². The monoisotopic (exact) mass is 313 g/mol. The summed E-state index contributed by atoms with van der Waals surface area (Å²) in [6.45, 7) is 1.77. The molecule has 1 saturated heterocycles. The molecule has 2 N–H and O–H groups in total. The van der Waals surface area contributed by atoms with E-state index in [1.165, 1.54) is 5.56 Å². The second-order valence-corrected chi connectivity index (χ2v) is 5.75. The van der Waals surface area contributed by atoms with Gasteiger partial charge in [-0.05, 0) is 58.8 Å². The third-order valence-corrected chi connectivity index (χ3v) is 3.99. The number of hydrogen-bond acceptors (Lipinski definition) is 3. The van der Waals surface area contributed by atoms with Crippen LogP contribution in [0.25, 0.3) is 0 Å². The minimum Gasteiger partial charge on any atom is -0.496 e. The lowest BCUT2D eigenvalue weighted by molar-refractivity contribution is 0.182. The van der Waals surface area contributed by atoms with Crippen molar-refractivity contribution in [2.24, 2.45) is 11.7 Å². The fraction of sp³-hybridized carbons (Fsp3) is 0.571. The van der Waals surface area contributed by atoms with Crippen molar-refractivity contribution in [1.29, 1.82) is 0 Å². The van der Waals surface area contributed by atoms with Gasteiger partial charge in [-0.2, -0.15) is 0 Å². The Morgan fingerprint density at radius 2 is 2.39 bits per heavy atom. The fourth-order valence-electron chi connectivity index (χ4n) is 2.42. The van der Waals surface area contributed by atoms with Crippen molar-refractivity contribution in [2.45, 2.75) is 25.3 Å². The zero-order valence-electron chi connectivity index (χ0n) is 10.7. The largest absolute Gasteiger partial charge is 0.496 e. The minimum atomic E-state index is 0.206. The van der Waals surface area contributed by atoms with Crippen LogP contribution >= 0.6 is 15.9 Å². The van der Waals surface area contributed by atoms with Crippen LogP contribution in [0.2, 0.25) is 0 Å². The number of nitrogens with two attached hydrogens (primary N) is 1. The molecule has 0 spiro atoms. The fourth-order valence-corrected chi connectivity index (χ4v) is 3.01. The van der Waals surface area contributed by atoms with E-state index in [9.17, 15) is 0 Å². The highest BCUT2D eigenvalue weighted by Gasteiger charge is 2.19. The van der Waals surface area contributed by atoms with Gasteiger partial charge in [-0.15, -0.1) is 0 Å². The molecule has 100 valence electrons. The molecule has 2 atom stereocenters. The van der Waals surface area contributed by atoms with Gasteiger partial charge in [0.25, 0.3) is 0 Å². The van der Waals surface area contributed by atoms with Gasteiger partial charge in [0, 0.05) is 19.3 Å². The number of halogens is 1. The van der Waals surface area contributed by atoms with E-state index in [-0.39, 0.29) is 6.04 Å². The second kappa shape index (κ2) is 6.55. The van der Waals surface area contributed by atoms with Gasteiger partial charge < -0.3 is 15.2 Å². The van der Waals surface area contributed by atoms with Crippen molar-refractivity contribution in [3.05, 3.63) is 28.2 Å². The van der Waals surface area contributed by atoms with Gasteiger partial charge in [0.2, 0.25) is 0 Å². The third-order valence-electron chi connectivity index (χ3n) is 3.37. The molecule has 0 aliphatic carbocycles. The van der Waals surface area contributed by atoms with Crippen LogP contribution in [0.1, 0.15) is 18.4 Å². The van der Waals surface area contributed by atoms with E-state index in [1.54, 1.807) is 7.11 Å². The topological polar surface area (TPSA) is 44.5 Å². The Balaban J connectivity index is 1.89. The van der Waals surface area contributed by atoms with Crippen molar-refractivity contribution >= 4 is 15.9 Å². The molecule has 2 unspecified atom stereocenters. The molecule has 4 heteroatoms. The van der Waals surface area contributed by atoms with Gasteiger partial charge in [0.05, 0.1) is 11.6 Å². The molecule has 3 nitrogen and oxygen atoms in total. The van der Waals surface area contributed by atoms with Crippen LogP contribution in [0, 0.1) is 5.92 Å². The van der Waals surface area contributed by atoms with Gasteiger partial charge in [0.1, 0.15) is 5.75 Å². The van der Waals surface area contributed by atoms with Crippen molar-refractivity contribution in [3.63, 3.8) is 0 Å². The van der Waals surface area contributed by atoms with Crippen LogP contribution in [0.5, 0.6) is 5.75 Å². The summed E-state index contributed by atoms with van der Waals surface area (Å²) in [7, 11) is 1.67. The maximum atomic E-state index is 6.20.